The number of nitrogens with one attached hydrogen (secondary N) is 2. The first-order valence-corrected chi connectivity index (χ1v) is 7.02. The number of aliphatic imine (C=N–C) groups is 1. The molecule has 0 fully saturated rings. The number of methoxy groups -OCH3 is 1. The van der Waals surface area contributed by atoms with Crippen molar-refractivity contribution in [1.82, 2.24) is 4.98 Å². The Morgan fingerprint density at radius 3 is 2.86 bits per heavy atom. The summed E-state index contributed by atoms with van der Waals surface area (Å²) >= 11 is 0. The number of fused-ring (bicyclic) bond motifs is 1. The van der Waals surface area contributed by atoms with Crippen LogP contribution in [0.25, 0.3) is 10.9 Å². The molecule has 3 aromatic rings. The van der Waals surface area contributed by atoms with Crippen LogP contribution in [0.2, 0.25) is 0 Å². The maximum atomic E-state index is 5.92. The summed E-state index contributed by atoms with van der Waals surface area (Å²) in [6.45, 7) is 0.498. The maximum absolute atomic E-state index is 5.92. The van der Waals surface area contributed by atoms with E-state index < -0.39 is 0 Å². The van der Waals surface area contributed by atoms with Crippen molar-refractivity contribution in [3.8, 4) is 5.75 Å². The van der Waals surface area contributed by atoms with Gasteiger partial charge in [0.2, 0.25) is 0 Å². The molecule has 112 valence electrons. The fraction of sp³-hybridized carbons (Fsp3) is 0.118. The van der Waals surface area contributed by atoms with E-state index in [0.717, 1.165) is 22.6 Å². The van der Waals surface area contributed by atoms with Crippen LogP contribution in [0.1, 0.15) is 5.69 Å². The van der Waals surface area contributed by atoms with Gasteiger partial charge in [0.15, 0.2) is 5.96 Å². The van der Waals surface area contributed by atoms with Crippen molar-refractivity contribution in [2.24, 2.45) is 10.7 Å². The third-order valence-electron chi connectivity index (χ3n) is 3.35. The van der Waals surface area contributed by atoms with Gasteiger partial charge in [-0.25, -0.2) is 4.99 Å². The highest BCUT2D eigenvalue weighted by molar-refractivity contribution is 5.92. The summed E-state index contributed by atoms with van der Waals surface area (Å²) in [5, 5.41) is 4.23. The van der Waals surface area contributed by atoms with E-state index in [1.807, 2.05) is 42.5 Å². The summed E-state index contributed by atoms with van der Waals surface area (Å²) in [6.07, 6.45) is 0. The van der Waals surface area contributed by atoms with Crippen LogP contribution in [-0.4, -0.2) is 18.1 Å². The molecule has 3 rings (SSSR count). The molecule has 0 atom stereocenters. The monoisotopic (exact) mass is 294 g/mol. The Labute approximate surface area is 128 Å². The van der Waals surface area contributed by atoms with Crippen LogP contribution < -0.4 is 15.8 Å². The number of para-hydroxylation sites is 1. The minimum Gasteiger partial charge on any atom is -0.497 e. The molecule has 0 bridgehead atoms. The SMILES string of the molecule is COc1cccc(NC(N)=NCc2cc3ccccc3[nH]2)c1. The van der Waals surface area contributed by atoms with Crippen molar-refractivity contribution in [2.45, 2.75) is 6.54 Å². The number of H-pyrrole nitrogens is 1. The largest absolute Gasteiger partial charge is 0.497 e. The Hall–Kier alpha value is -2.95. The standard InChI is InChI=1S/C17H18N4O/c1-22-15-7-4-6-13(10-15)21-17(18)19-11-14-9-12-5-2-3-8-16(12)20-14/h2-10,20H,11H2,1H3,(H3,18,19,21). The number of aromatic amines is 1. The normalized spacial score (nSPS) is 11.6. The predicted octanol–water partition coefficient (Wildman–Crippen LogP) is 3.10. The number of nitrogens with zero attached hydrogens (tertiary/aromatic N) is 1. The van der Waals surface area contributed by atoms with E-state index in [2.05, 4.69) is 27.4 Å². The number of rotatable bonds is 4. The molecule has 0 aliphatic rings. The molecule has 0 aliphatic heterocycles. The topological polar surface area (TPSA) is 75.4 Å². The molecular weight excluding hydrogens is 276 g/mol. The highest BCUT2D eigenvalue weighted by atomic mass is 16.5. The molecule has 1 heterocycles. The summed E-state index contributed by atoms with van der Waals surface area (Å²) < 4.78 is 5.17. The van der Waals surface area contributed by atoms with E-state index in [1.54, 1.807) is 7.11 Å². The first-order chi connectivity index (χ1) is 10.7. The summed E-state index contributed by atoms with van der Waals surface area (Å²) in [6, 6.07) is 17.8. The second-order valence-electron chi connectivity index (χ2n) is 4.94. The average Bonchev–Trinajstić information content (AvgIpc) is 2.96. The first kappa shape index (κ1) is 14.0. The van der Waals surface area contributed by atoms with Gasteiger partial charge in [-0.3, -0.25) is 0 Å². The molecule has 2 aromatic carbocycles. The summed E-state index contributed by atoms with van der Waals surface area (Å²) in [5.41, 5.74) is 8.90. The molecule has 22 heavy (non-hydrogen) atoms. The highest BCUT2D eigenvalue weighted by Gasteiger charge is 2.00. The number of aromatic nitrogens is 1. The number of guanidine groups is 1. The highest BCUT2D eigenvalue weighted by Crippen LogP contribution is 2.17. The van der Waals surface area contributed by atoms with E-state index in [9.17, 15) is 0 Å². The van der Waals surface area contributed by atoms with Gasteiger partial charge in [0.1, 0.15) is 5.75 Å². The van der Waals surface area contributed by atoms with Gasteiger partial charge in [0.05, 0.1) is 13.7 Å². The average molecular weight is 294 g/mol. The Kier molecular flexibility index (Phi) is 3.96. The van der Waals surface area contributed by atoms with Gasteiger partial charge >= 0.3 is 0 Å². The Morgan fingerprint density at radius 1 is 1.18 bits per heavy atom. The number of ether oxygens (including phenoxy) is 1. The molecule has 4 N–H and O–H groups in total. The quantitative estimate of drug-likeness (QED) is 0.511. The van der Waals surface area contributed by atoms with Crippen molar-refractivity contribution < 1.29 is 4.74 Å². The van der Waals surface area contributed by atoms with Crippen LogP contribution in [0, 0.1) is 0 Å². The van der Waals surface area contributed by atoms with E-state index in [-0.39, 0.29) is 0 Å². The third-order valence-corrected chi connectivity index (χ3v) is 3.35. The van der Waals surface area contributed by atoms with E-state index in [1.165, 1.54) is 5.39 Å². The van der Waals surface area contributed by atoms with Gasteiger partial charge in [0.25, 0.3) is 0 Å². The number of hydrogen-bond donors (Lipinski definition) is 3. The zero-order chi connectivity index (χ0) is 15.4. The van der Waals surface area contributed by atoms with Gasteiger partial charge in [-0.1, -0.05) is 24.3 Å². The fourth-order valence-electron chi connectivity index (χ4n) is 2.28. The molecule has 0 unspecified atom stereocenters. The van der Waals surface area contributed by atoms with Crippen LogP contribution >= 0.6 is 0 Å². The van der Waals surface area contributed by atoms with E-state index >= 15 is 0 Å². The van der Waals surface area contributed by atoms with E-state index in [0.29, 0.717) is 12.5 Å². The zero-order valence-electron chi connectivity index (χ0n) is 12.3. The molecule has 5 heteroatoms. The minimum atomic E-state index is 0.368. The third kappa shape index (κ3) is 3.20. The summed E-state index contributed by atoms with van der Waals surface area (Å²) in [5.74, 6) is 1.14. The van der Waals surface area contributed by atoms with Crippen molar-refractivity contribution in [3.63, 3.8) is 0 Å². The lowest BCUT2D eigenvalue weighted by atomic mass is 10.2. The lowest BCUT2D eigenvalue weighted by Crippen LogP contribution is -2.22. The van der Waals surface area contributed by atoms with Gasteiger partial charge in [-0.15, -0.1) is 0 Å². The van der Waals surface area contributed by atoms with Crippen LogP contribution in [0.5, 0.6) is 5.75 Å². The van der Waals surface area contributed by atoms with Crippen molar-refractivity contribution >= 4 is 22.5 Å². The molecule has 0 aliphatic carbocycles. The summed E-state index contributed by atoms with van der Waals surface area (Å²) in [4.78, 5) is 7.67. The van der Waals surface area contributed by atoms with Crippen molar-refractivity contribution in [1.29, 1.82) is 0 Å². The second-order valence-corrected chi connectivity index (χ2v) is 4.94. The van der Waals surface area contributed by atoms with Gasteiger partial charge < -0.3 is 20.8 Å². The van der Waals surface area contributed by atoms with Gasteiger partial charge in [0, 0.05) is 23.0 Å². The van der Waals surface area contributed by atoms with Crippen molar-refractivity contribution in [3.05, 3.63) is 60.3 Å². The summed E-state index contributed by atoms with van der Waals surface area (Å²) in [7, 11) is 1.63. The molecule has 5 nitrogen and oxygen atoms in total. The van der Waals surface area contributed by atoms with Crippen LogP contribution in [-0.2, 0) is 6.54 Å². The van der Waals surface area contributed by atoms with Crippen LogP contribution in [0.4, 0.5) is 5.69 Å². The number of benzene rings is 2. The zero-order valence-corrected chi connectivity index (χ0v) is 12.3. The fourth-order valence-corrected chi connectivity index (χ4v) is 2.28. The Balaban J connectivity index is 1.68. The maximum Gasteiger partial charge on any atom is 0.193 e. The van der Waals surface area contributed by atoms with Gasteiger partial charge in [-0.2, -0.15) is 0 Å². The van der Waals surface area contributed by atoms with Crippen molar-refractivity contribution in [2.75, 3.05) is 12.4 Å². The van der Waals surface area contributed by atoms with Crippen LogP contribution in [0.3, 0.4) is 0 Å². The Bertz CT molecular complexity index is 774. The molecule has 0 radical (unpaired) electrons. The molecule has 0 amide bonds. The van der Waals surface area contributed by atoms with E-state index in [4.69, 9.17) is 10.5 Å². The lowest BCUT2D eigenvalue weighted by Gasteiger charge is -2.07. The first-order valence-electron chi connectivity index (χ1n) is 7.02. The number of nitrogens with two attached hydrogens (primary N) is 1. The Morgan fingerprint density at radius 2 is 2.05 bits per heavy atom. The molecule has 1 aromatic heterocycles. The molecule has 0 saturated heterocycles. The number of hydrogen-bond acceptors (Lipinski definition) is 2. The molecule has 0 saturated carbocycles. The second kappa shape index (κ2) is 6.22. The van der Waals surface area contributed by atoms with Gasteiger partial charge in [-0.05, 0) is 29.7 Å². The smallest absolute Gasteiger partial charge is 0.193 e. The lowest BCUT2D eigenvalue weighted by molar-refractivity contribution is 0.415. The minimum absolute atomic E-state index is 0.368. The number of anilines is 1. The van der Waals surface area contributed by atoms with Crippen LogP contribution in [0.15, 0.2) is 59.6 Å². The predicted molar refractivity (Wildman–Crippen MR) is 90.2 cm³/mol. The molecular formula is C17H18N4O. The molecule has 0 spiro atoms.